The van der Waals surface area contributed by atoms with E-state index < -0.39 is 0 Å². The third kappa shape index (κ3) is 4.41. The second-order valence-corrected chi connectivity index (χ2v) is 10.2. The van der Waals surface area contributed by atoms with Gasteiger partial charge in [0, 0.05) is 46.4 Å². The number of carbonyl (C=O) groups is 1. The summed E-state index contributed by atoms with van der Waals surface area (Å²) in [6, 6.07) is 18.0. The number of nitrogens with one attached hydrogen (secondary N) is 1. The molecule has 36 heavy (non-hydrogen) atoms. The van der Waals surface area contributed by atoms with Gasteiger partial charge in [0.05, 0.1) is 28.9 Å². The Balaban J connectivity index is 1.29. The number of aryl methyl sites for hydroxylation is 1. The maximum absolute atomic E-state index is 12.6. The lowest BCUT2D eigenvalue weighted by atomic mass is 10.0. The largest absolute Gasteiger partial charge is 0.457 e. The van der Waals surface area contributed by atoms with Crippen molar-refractivity contribution in [3.63, 3.8) is 0 Å². The maximum atomic E-state index is 12.6. The minimum Gasteiger partial charge on any atom is -0.457 e. The van der Waals surface area contributed by atoms with Crippen LogP contribution in [0.1, 0.15) is 21.8 Å². The molecule has 1 N–H and O–H groups in total. The fraction of sp³-hybridized carbons (Fsp3) is 0.214. The van der Waals surface area contributed by atoms with Gasteiger partial charge in [-0.15, -0.1) is 11.3 Å². The standard InChI is InChI=1S/C28H25N5O2S/c1-17-4-3-5-23(32-17)27-26(30-16-31-27)18-6-7-22-19(12-18)13-20(14-29-22)24-8-9-25(36-24)28(34)35-21-10-11-33(2)15-21/h3-9,12-14,16,21H,10-11,15H2,1-2H3,(H,30,31)/t21-/m0/s1. The molecule has 5 heterocycles. The van der Waals surface area contributed by atoms with Crippen LogP contribution >= 0.6 is 11.3 Å². The highest BCUT2D eigenvalue weighted by molar-refractivity contribution is 7.17. The number of hydrogen-bond donors (Lipinski definition) is 1. The fourth-order valence-corrected chi connectivity index (χ4v) is 5.48. The highest BCUT2D eigenvalue weighted by Gasteiger charge is 2.24. The summed E-state index contributed by atoms with van der Waals surface area (Å²) in [7, 11) is 2.04. The van der Waals surface area contributed by atoms with Gasteiger partial charge in [0.25, 0.3) is 0 Å². The van der Waals surface area contributed by atoms with Gasteiger partial charge in [0.1, 0.15) is 11.0 Å². The van der Waals surface area contributed by atoms with E-state index in [1.165, 1.54) is 11.3 Å². The molecule has 1 atom stereocenters. The second kappa shape index (κ2) is 9.29. The van der Waals surface area contributed by atoms with Gasteiger partial charge in [0.2, 0.25) is 0 Å². The number of carbonyl (C=O) groups excluding carboxylic acids is 1. The van der Waals surface area contributed by atoms with Crippen LogP contribution in [0.15, 0.2) is 67.1 Å². The van der Waals surface area contributed by atoms with E-state index in [0.717, 1.165) is 69.2 Å². The predicted molar refractivity (Wildman–Crippen MR) is 142 cm³/mol. The molecular formula is C28H25N5O2S. The number of pyridine rings is 2. The van der Waals surface area contributed by atoms with E-state index in [1.807, 2.05) is 62.6 Å². The van der Waals surface area contributed by atoms with Crippen molar-refractivity contribution >= 4 is 28.2 Å². The Morgan fingerprint density at radius 3 is 2.83 bits per heavy atom. The number of fused-ring (bicyclic) bond motifs is 1. The molecule has 8 heteroatoms. The van der Waals surface area contributed by atoms with Crippen LogP contribution in [0.2, 0.25) is 0 Å². The molecule has 7 nitrogen and oxygen atoms in total. The van der Waals surface area contributed by atoms with Crippen LogP contribution in [0.25, 0.3) is 44.0 Å². The zero-order valence-corrected chi connectivity index (χ0v) is 20.9. The fourth-order valence-electron chi connectivity index (χ4n) is 4.61. The van der Waals surface area contributed by atoms with E-state index in [9.17, 15) is 4.79 Å². The van der Waals surface area contributed by atoms with Gasteiger partial charge in [-0.25, -0.2) is 9.78 Å². The van der Waals surface area contributed by atoms with Crippen molar-refractivity contribution in [2.24, 2.45) is 0 Å². The molecule has 4 aromatic heterocycles. The molecule has 6 rings (SSSR count). The molecule has 0 saturated carbocycles. The van der Waals surface area contributed by atoms with Crippen molar-refractivity contribution in [2.75, 3.05) is 20.1 Å². The van der Waals surface area contributed by atoms with E-state index in [0.29, 0.717) is 4.88 Å². The average molecular weight is 496 g/mol. The molecular weight excluding hydrogens is 470 g/mol. The van der Waals surface area contributed by atoms with Gasteiger partial charge >= 0.3 is 5.97 Å². The van der Waals surface area contributed by atoms with Crippen LogP contribution in [0.4, 0.5) is 0 Å². The Morgan fingerprint density at radius 2 is 2.00 bits per heavy atom. The molecule has 5 aromatic rings. The van der Waals surface area contributed by atoms with Crippen molar-refractivity contribution in [1.82, 2.24) is 24.8 Å². The molecule has 0 bridgehead atoms. The van der Waals surface area contributed by atoms with E-state index in [4.69, 9.17) is 4.74 Å². The van der Waals surface area contributed by atoms with Crippen molar-refractivity contribution in [1.29, 1.82) is 0 Å². The van der Waals surface area contributed by atoms with Crippen LogP contribution in [-0.4, -0.2) is 57.0 Å². The van der Waals surface area contributed by atoms with Gasteiger partial charge in [-0.3, -0.25) is 9.97 Å². The van der Waals surface area contributed by atoms with E-state index in [-0.39, 0.29) is 12.1 Å². The number of H-pyrrole nitrogens is 1. The first-order valence-electron chi connectivity index (χ1n) is 11.9. The number of esters is 1. The van der Waals surface area contributed by atoms with Crippen molar-refractivity contribution < 1.29 is 9.53 Å². The maximum Gasteiger partial charge on any atom is 0.348 e. The first-order chi connectivity index (χ1) is 17.5. The lowest BCUT2D eigenvalue weighted by molar-refractivity contribution is 0.0333. The molecule has 1 aliphatic rings. The number of thiophene rings is 1. The van der Waals surface area contributed by atoms with E-state index in [1.54, 1.807) is 6.33 Å². The molecule has 0 aliphatic carbocycles. The SMILES string of the molecule is Cc1cccc(-c2[nH]cnc2-c2ccc3ncc(-c4ccc(C(=O)O[C@H]5CCN(C)C5)s4)cc3c2)n1. The molecule has 1 aliphatic heterocycles. The summed E-state index contributed by atoms with van der Waals surface area (Å²) in [5.74, 6) is -0.251. The number of aromatic nitrogens is 4. The van der Waals surface area contributed by atoms with E-state index in [2.05, 4.69) is 37.0 Å². The van der Waals surface area contributed by atoms with Gasteiger partial charge in [-0.2, -0.15) is 0 Å². The Bertz CT molecular complexity index is 1570. The molecule has 0 amide bonds. The van der Waals surface area contributed by atoms with Crippen LogP contribution in [-0.2, 0) is 4.74 Å². The third-order valence-corrected chi connectivity index (χ3v) is 7.57. The predicted octanol–water partition coefficient (Wildman–Crippen LogP) is 5.58. The monoisotopic (exact) mass is 495 g/mol. The number of benzene rings is 1. The molecule has 0 radical (unpaired) electrons. The quantitative estimate of drug-likeness (QED) is 0.320. The van der Waals surface area contributed by atoms with Gasteiger partial charge in [-0.1, -0.05) is 12.1 Å². The molecule has 180 valence electrons. The first kappa shape index (κ1) is 22.6. The summed E-state index contributed by atoms with van der Waals surface area (Å²) in [6.07, 6.45) is 4.40. The van der Waals surface area contributed by atoms with Crippen LogP contribution in [0, 0.1) is 6.92 Å². The number of hydrogen-bond acceptors (Lipinski definition) is 7. The molecule has 1 aromatic carbocycles. The van der Waals surface area contributed by atoms with Crippen LogP contribution in [0.5, 0.6) is 0 Å². The van der Waals surface area contributed by atoms with Crippen LogP contribution < -0.4 is 0 Å². The summed E-state index contributed by atoms with van der Waals surface area (Å²) in [6.45, 7) is 3.73. The molecule has 0 spiro atoms. The Kier molecular flexibility index (Phi) is 5.83. The molecule has 0 unspecified atom stereocenters. The Labute approximate surface area is 212 Å². The van der Waals surface area contributed by atoms with Gasteiger partial charge < -0.3 is 14.6 Å². The first-order valence-corrected chi connectivity index (χ1v) is 12.7. The number of rotatable bonds is 5. The Morgan fingerprint density at radius 1 is 1.11 bits per heavy atom. The van der Waals surface area contributed by atoms with Crippen LogP contribution in [0.3, 0.4) is 0 Å². The third-order valence-electron chi connectivity index (χ3n) is 6.45. The van der Waals surface area contributed by atoms with Crippen molar-refractivity contribution in [3.8, 4) is 33.1 Å². The Hall–Kier alpha value is -3.88. The zero-order chi connectivity index (χ0) is 24.6. The molecule has 1 fully saturated rings. The number of likely N-dealkylation sites (N-methyl/N-ethyl adjacent to an activating group) is 1. The summed E-state index contributed by atoms with van der Waals surface area (Å²) in [4.78, 5) is 33.6. The lowest BCUT2D eigenvalue weighted by Crippen LogP contribution is -2.21. The molecule has 1 saturated heterocycles. The zero-order valence-electron chi connectivity index (χ0n) is 20.1. The topological polar surface area (TPSA) is 84.0 Å². The van der Waals surface area contributed by atoms with E-state index >= 15 is 0 Å². The van der Waals surface area contributed by atoms with Gasteiger partial charge in [-0.05, 0) is 62.9 Å². The average Bonchev–Trinajstić information content (AvgIpc) is 3.64. The highest BCUT2D eigenvalue weighted by atomic mass is 32.1. The number of likely N-dealkylation sites (tertiary alicyclic amines) is 1. The lowest BCUT2D eigenvalue weighted by Gasteiger charge is -2.11. The van der Waals surface area contributed by atoms with Crippen molar-refractivity contribution in [2.45, 2.75) is 19.4 Å². The number of ether oxygens (including phenoxy) is 1. The minimum absolute atomic E-state index is 0.0317. The summed E-state index contributed by atoms with van der Waals surface area (Å²) in [5.41, 5.74) is 6.39. The minimum atomic E-state index is -0.251. The van der Waals surface area contributed by atoms with Crippen molar-refractivity contribution in [3.05, 3.63) is 77.7 Å². The smallest absolute Gasteiger partial charge is 0.348 e. The number of imidazole rings is 1. The normalized spacial score (nSPS) is 16.0. The number of nitrogens with zero attached hydrogens (tertiary/aromatic N) is 4. The van der Waals surface area contributed by atoms with Gasteiger partial charge in [0.15, 0.2) is 0 Å². The highest BCUT2D eigenvalue weighted by Crippen LogP contribution is 2.33. The second-order valence-electron chi connectivity index (χ2n) is 9.16. The summed E-state index contributed by atoms with van der Waals surface area (Å²) in [5, 5.41) is 1.00. The summed E-state index contributed by atoms with van der Waals surface area (Å²) >= 11 is 1.44. The summed E-state index contributed by atoms with van der Waals surface area (Å²) < 4.78 is 5.70. The number of aromatic amines is 1.